The van der Waals surface area contributed by atoms with E-state index in [0.717, 1.165) is 6.42 Å². The maximum absolute atomic E-state index is 12.1. The summed E-state index contributed by atoms with van der Waals surface area (Å²) in [6.07, 6.45) is 3.69. The van der Waals surface area contributed by atoms with Crippen LogP contribution in [0.25, 0.3) is 0 Å². The lowest BCUT2D eigenvalue weighted by molar-refractivity contribution is 0.0380. The first-order valence-electron chi connectivity index (χ1n) is 6.84. The Morgan fingerprint density at radius 3 is 2.85 bits per heavy atom. The van der Waals surface area contributed by atoms with Gasteiger partial charge in [0.25, 0.3) is 5.56 Å². The lowest BCUT2D eigenvalue weighted by Gasteiger charge is -2.37. The number of ether oxygens (including phenoxy) is 1. The zero-order valence-corrected chi connectivity index (χ0v) is 12.3. The van der Waals surface area contributed by atoms with Gasteiger partial charge in [-0.3, -0.25) is 4.79 Å². The molecule has 6 nitrogen and oxygen atoms in total. The predicted octanol–water partition coefficient (Wildman–Crippen LogP) is 1.26. The molecule has 2 rings (SSSR count). The minimum Gasteiger partial charge on any atom is -0.394 e. The van der Waals surface area contributed by atoms with Crippen molar-refractivity contribution < 1.29 is 9.84 Å². The molecule has 1 aromatic heterocycles. The summed E-state index contributed by atoms with van der Waals surface area (Å²) in [6, 6.07) is 0. The van der Waals surface area contributed by atoms with Crippen molar-refractivity contribution in [2.75, 3.05) is 25.1 Å². The fourth-order valence-corrected chi connectivity index (χ4v) is 2.49. The van der Waals surface area contributed by atoms with Crippen LogP contribution in [0, 0.1) is 0 Å². The molecule has 1 fully saturated rings. The monoisotopic (exact) mass is 301 g/mol. The molecule has 0 bridgehead atoms. The van der Waals surface area contributed by atoms with Gasteiger partial charge >= 0.3 is 0 Å². The highest BCUT2D eigenvalue weighted by Gasteiger charge is 2.32. The Bertz CT molecular complexity index is 512. The number of hydrogen-bond donors (Lipinski definition) is 2. The van der Waals surface area contributed by atoms with Crippen LogP contribution in [0.4, 0.5) is 5.69 Å². The zero-order valence-electron chi connectivity index (χ0n) is 11.6. The molecule has 0 spiro atoms. The van der Waals surface area contributed by atoms with Crippen molar-refractivity contribution in [3.8, 4) is 0 Å². The molecule has 1 aliphatic rings. The predicted molar refractivity (Wildman–Crippen MR) is 77.3 cm³/mol. The Hall–Kier alpha value is -1.11. The summed E-state index contributed by atoms with van der Waals surface area (Å²) in [5.41, 5.74) is -0.328. The van der Waals surface area contributed by atoms with Gasteiger partial charge in [0, 0.05) is 19.8 Å². The van der Waals surface area contributed by atoms with E-state index in [4.69, 9.17) is 16.3 Å². The van der Waals surface area contributed by atoms with Crippen molar-refractivity contribution in [1.82, 2.24) is 9.78 Å². The third kappa shape index (κ3) is 3.13. The summed E-state index contributed by atoms with van der Waals surface area (Å²) in [5.74, 6) is 0. The molecule has 0 aliphatic carbocycles. The van der Waals surface area contributed by atoms with Crippen LogP contribution in [-0.2, 0) is 11.3 Å². The molecule has 2 heterocycles. The van der Waals surface area contributed by atoms with Crippen molar-refractivity contribution in [2.24, 2.45) is 0 Å². The van der Waals surface area contributed by atoms with Crippen molar-refractivity contribution in [3.05, 3.63) is 21.6 Å². The van der Waals surface area contributed by atoms with E-state index < -0.39 is 5.54 Å². The molecule has 1 saturated heterocycles. The van der Waals surface area contributed by atoms with Crippen LogP contribution in [0.1, 0.15) is 26.2 Å². The number of nitrogens with one attached hydrogen (secondary N) is 1. The van der Waals surface area contributed by atoms with Gasteiger partial charge < -0.3 is 15.2 Å². The number of aliphatic hydroxyl groups excluding tert-OH is 1. The molecular weight excluding hydrogens is 282 g/mol. The van der Waals surface area contributed by atoms with Gasteiger partial charge in [0.15, 0.2) is 0 Å². The van der Waals surface area contributed by atoms with Gasteiger partial charge in [0.1, 0.15) is 5.02 Å². The van der Waals surface area contributed by atoms with Gasteiger partial charge in [0.2, 0.25) is 0 Å². The summed E-state index contributed by atoms with van der Waals surface area (Å²) < 4.78 is 6.65. The van der Waals surface area contributed by atoms with Crippen LogP contribution in [0.3, 0.4) is 0 Å². The van der Waals surface area contributed by atoms with Crippen molar-refractivity contribution >= 4 is 17.3 Å². The highest BCUT2D eigenvalue weighted by Crippen LogP contribution is 2.27. The lowest BCUT2D eigenvalue weighted by Crippen LogP contribution is -2.47. The first kappa shape index (κ1) is 15.3. The van der Waals surface area contributed by atoms with E-state index in [9.17, 15) is 9.90 Å². The quantitative estimate of drug-likeness (QED) is 0.856. The number of aryl methyl sites for hydroxylation is 1. The number of rotatable bonds is 5. The smallest absolute Gasteiger partial charge is 0.287 e. The molecule has 1 aromatic rings. The largest absolute Gasteiger partial charge is 0.394 e. The van der Waals surface area contributed by atoms with Crippen molar-refractivity contribution in [1.29, 1.82) is 0 Å². The molecular formula is C13H20ClN3O3. The maximum Gasteiger partial charge on any atom is 0.287 e. The average molecular weight is 302 g/mol. The molecule has 0 radical (unpaired) electrons. The number of aromatic nitrogens is 2. The summed E-state index contributed by atoms with van der Waals surface area (Å²) in [7, 11) is 0. The highest BCUT2D eigenvalue weighted by atomic mass is 35.5. The standard InChI is InChI=1S/C13H20ClN3O3/c1-2-5-17-12(19)11(14)10(8-15-17)16-13(9-18)3-6-20-7-4-13/h8,16,18H,2-7,9H2,1H3. The van der Waals surface area contributed by atoms with E-state index in [0.29, 0.717) is 38.3 Å². The molecule has 0 saturated carbocycles. The van der Waals surface area contributed by atoms with Gasteiger partial charge in [-0.1, -0.05) is 18.5 Å². The SMILES string of the molecule is CCCn1ncc(NC2(CO)CCOCC2)c(Cl)c1=O. The normalized spacial score (nSPS) is 17.9. The van der Waals surface area contributed by atoms with Gasteiger partial charge in [-0.05, 0) is 19.3 Å². The first-order valence-corrected chi connectivity index (χ1v) is 7.22. The molecule has 0 aromatic carbocycles. The number of anilines is 1. The summed E-state index contributed by atoms with van der Waals surface area (Å²) in [4.78, 5) is 12.1. The highest BCUT2D eigenvalue weighted by molar-refractivity contribution is 6.32. The van der Waals surface area contributed by atoms with E-state index >= 15 is 0 Å². The van der Waals surface area contributed by atoms with Crippen LogP contribution in [0.5, 0.6) is 0 Å². The Morgan fingerprint density at radius 2 is 2.25 bits per heavy atom. The van der Waals surface area contributed by atoms with Crippen LogP contribution in [0.15, 0.2) is 11.0 Å². The summed E-state index contributed by atoms with van der Waals surface area (Å²) >= 11 is 6.12. The molecule has 0 amide bonds. The molecule has 1 aliphatic heterocycles. The number of hydrogen-bond acceptors (Lipinski definition) is 5. The van der Waals surface area contributed by atoms with Crippen LogP contribution in [-0.4, -0.2) is 40.2 Å². The number of aliphatic hydroxyl groups is 1. The topological polar surface area (TPSA) is 76.4 Å². The Kier molecular flexibility index (Phi) is 5.01. The van der Waals surface area contributed by atoms with Crippen LogP contribution in [0.2, 0.25) is 5.02 Å². The van der Waals surface area contributed by atoms with E-state index in [1.165, 1.54) is 4.68 Å². The number of nitrogens with zero attached hydrogens (tertiary/aromatic N) is 2. The molecule has 112 valence electrons. The second kappa shape index (κ2) is 6.56. The van der Waals surface area contributed by atoms with Gasteiger partial charge in [-0.25, -0.2) is 4.68 Å². The molecule has 7 heteroatoms. The fourth-order valence-electron chi connectivity index (χ4n) is 2.29. The van der Waals surface area contributed by atoms with Gasteiger partial charge in [-0.2, -0.15) is 5.10 Å². The van der Waals surface area contributed by atoms with Crippen molar-refractivity contribution in [3.63, 3.8) is 0 Å². The summed E-state index contributed by atoms with van der Waals surface area (Å²) in [6.45, 7) is 3.62. The molecule has 20 heavy (non-hydrogen) atoms. The molecule has 2 N–H and O–H groups in total. The lowest BCUT2D eigenvalue weighted by atomic mass is 9.91. The minimum absolute atomic E-state index is 0.0370. The van der Waals surface area contributed by atoms with Crippen molar-refractivity contribution in [2.45, 2.75) is 38.3 Å². The minimum atomic E-state index is -0.493. The Balaban J connectivity index is 2.24. The van der Waals surface area contributed by atoms with E-state index in [1.807, 2.05) is 6.92 Å². The second-order valence-electron chi connectivity index (χ2n) is 5.08. The van der Waals surface area contributed by atoms with E-state index in [2.05, 4.69) is 10.4 Å². The second-order valence-corrected chi connectivity index (χ2v) is 5.45. The molecule has 0 atom stereocenters. The van der Waals surface area contributed by atoms with E-state index in [1.54, 1.807) is 6.20 Å². The number of halogens is 1. The van der Waals surface area contributed by atoms with Gasteiger partial charge in [-0.15, -0.1) is 0 Å². The Morgan fingerprint density at radius 1 is 1.55 bits per heavy atom. The molecule has 0 unspecified atom stereocenters. The average Bonchev–Trinajstić information content (AvgIpc) is 2.48. The van der Waals surface area contributed by atoms with Gasteiger partial charge in [0.05, 0.1) is 24.0 Å². The third-order valence-corrected chi connectivity index (χ3v) is 3.94. The van der Waals surface area contributed by atoms with Crippen LogP contribution >= 0.6 is 11.6 Å². The first-order chi connectivity index (χ1) is 9.62. The summed E-state index contributed by atoms with van der Waals surface area (Å²) in [5, 5.41) is 17.0. The van der Waals surface area contributed by atoms with Crippen LogP contribution < -0.4 is 10.9 Å². The Labute approximate surface area is 122 Å². The maximum atomic E-state index is 12.1. The van der Waals surface area contributed by atoms with E-state index in [-0.39, 0.29) is 17.2 Å². The zero-order chi connectivity index (χ0) is 14.6. The fraction of sp³-hybridized carbons (Fsp3) is 0.692. The third-order valence-electron chi connectivity index (χ3n) is 3.57.